The lowest BCUT2D eigenvalue weighted by Crippen LogP contribution is -2.15. The van der Waals surface area contributed by atoms with Crippen LogP contribution in [0, 0.1) is 11.7 Å². The molecule has 1 aromatic rings. The van der Waals surface area contributed by atoms with Gasteiger partial charge in [-0.3, -0.25) is 0 Å². The van der Waals surface area contributed by atoms with Crippen molar-refractivity contribution < 1.29 is 9.23 Å². The zero-order valence-electron chi connectivity index (χ0n) is 8.53. The molecule has 14 heavy (non-hydrogen) atoms. The number of nitrogens with two attached hydrogens (primary N) is 1. The number of rotatable bonds is 4. The van der Waals surface area contributed by atoms with Crippen molar-refractivity contribution in [2.75, 3.05) is 6.61 Å². The molecule has 0 aliphatic carbocycles. The molecule has 0 aromatic heterocycles. The van der Waals surface area contributed by atoms with Gasteiger partial charge in [0.2, 0.25) is 0 Å². The van der Waals surface area contributed by atoms with Gasteiger partial charge in [-0.05, 0) is 29.5 Å². The van der Waals surface area contributed by atoms with E-state index in [9.17, 15) is 4.39 Å². The number of halogens is 1. The third kappa shape index (κ3) is 2.79. The van der Waals surface area contributed by atoms with E-state index >= 15 is 0 Å². The van der Waals surface area contributed by atoms with Gasteiger partial charge in [0.05, 0.1) is 6.61 Å². The minimum absolute atomic E-state index is 0.205. The molecule has 0 fully saturated rings. The summed E-state index contributed by atoms with van der Waals surface area (Å²) >= 11 is 0. The summed E-state index contributed by atoms with van der Waals surface area (Å²) in [6.45, 7) is 4.65. The second-order valence-corrected chi connectivity index (χ2v) is 3.65. The molecule has 0 amide bonds. The van der Waals surface area contributed by atoms with E-state index in [-0.39, 0.29) is 5.82 Å². The number of hydrogen-bond donors (Lipinski definition) is 1. The summed E-state index contributed by atoms with van der Waals surface area (Å²) in [6, 6.07) is 6.55. The van der Waals surface area contributed by atoms with Crippen LogP contribution in [0.25, 0.3) is 0 Å². The van der Waals surface area contributed by atoms with Crippen molar-refractivity contribution in [1.82, 2.24) is 0 Å². The minimum Gasteiger partial charge on any atom is -0.304 e. The van der Waals surface area contributed by atoms with Gasteiger partial charge >= 0.3 is 0 Å². The van der Waals surface area contributed by atoms with Crippen LogP contribution >= 0.6 is 0 Å². The van der Waals surface area contributed by atoms with Crippen molar-refractivity contribution in [3.8, 4) is 0 Å². The normalized spacial score (nSPS) is 15.1. The van der Waals surface area contributed by atoms with Crippen LogP contribution in [0.2, 0.25) is 0 Å². The Balaban J connectivity index is 2.68. The van der Waals surface area contributed by atoms with Gasteiger partial charge in [0, 0.05) is 0 Å². The first-order valence-corrected chi connectivity index (χ1v) is 4.72. The zero-order valence-corrected chi connectivity index (χ0v) is 8.53. The summed E-state index contributed by atoms with van der Waals surface area (Å²) in [6.07, 6.45) is 0. The van der Waals surface area contributed by atoms with Crippen molar-refractivity contribution in [2.24, 2.45) is 11.8 Å². The van der Waals surface area contributed by atoms with Crippen LogP contribution in [0.15, 0.2) is 24.3 Å². The third-order valence-corrected chi connectivity index (χ3v) is 2.61. The van der Waals surface area contributed by atoms with Crippen LogP contribution in [-0.4, -0.2) is 6.61 Å². The van der Waals surface area contributed by atoms with E-state index in [1.165, 1.54) is 12.1 Å². The van der Waals surface area contributed by atoms with Crippen molar-refractivity contribution in [2.45, 2.75) is 19.8 Å². The lowest BCUT2D eigenvalue weighted by atomic mass is 9.89. The summed E-state index contributed by atoms with van der Waals surface area (Å²) in [5.41, 5.74) is 1.11. The maximum atomic E-state index is 12.7. The van der Waals surface area contributed by atoms with E-state index < -0.39 is 0 Å². The highest BCUT2D eigenvalue weighted by molar-refractivity contribution is 5.20. The first kappa shape index (κ1) is 11.1. The molecule has 1 aromatic carbocycles. The van der Waals surface area contributed by atoms with Gasteiger partial charge in [-0.15, -0.1) is 0 Å². The molecular formula is C11H16FNO. The fourth-order valence-corrected chi connectivity index (χ4v) is 1.39. The lowest BCUT2D eigenvalue weighted by molar-refractivity contribution is 0.0993. The van der Waals surface area contributed by atoms with Crippen molar-refractivity contribution >= 4 is 0 Å². The Hall–Kier alpha value is -0.930. The number of hydrogen-bond acceptors (Lipinski definition) is 2. The Morgan fingerprint density at radius 3 is 2.36 bits per heavy atom. The molecule has 0 aliphatic rings. The fourth-order valence-electron chi connectivity index (χ4n) is 1.39. The Bertz CT molecular complexity index is 273. The third-order valence-electron chi connectivity index (χ3n) is 2.61. The van der Waals surface area contributed by atoms with Crippen molar-refractivity contribution in [1.29, 1.82) is 0 Å². The van der Waals surface area contributed by atoms with E-state index in [0.29, 0.717) is 18.4 Å². The first-order valence-electron chi connectivity index (χ1n) is 4.72. The summed E-state index contributed by atoms with van der Waals surface area (Å²) in [5.74, 6) is 5.45. The maximum absolute atomic E-state index is 12.7. The minimum atomic E-state index is -0.205. The van der Waals surface area contributed by atoms with Crippen LogP contribution in [0.5, 0.6) is 0 Å². The van der Waals surface area contributed by atoms with E-state index in [4.69, 9.17) is 5.90 Å². The summed E-state index contributed by atoms with van der Waals surface area (Å²) in [5, 5.41) is 0. The summed E-state index contributed by atoms with van der Waals surface area (Å²) in [7, 11) is 0. The predicted molar refractivity (Wildman–Crippen MR) is 54.1 cm³/mol. The fraction of sp³-hybridized carbons (Fsp3) is 0.455. The molecular weight excluding hydrogens is 181 g/mol. The van der Waals surface area contributed by atoms with Gasteiger partial charge in [0.25, 0.3) is 0 Å². The number of benzene rings is 1. The molecule has 0 saturated carbocycles. The van der Waals surface area contributed by atoms with Gasteiger partial charge in [-0.2, -0.15) is 0 Å². The van der Waals surface area contributed by atoms with Crippen LogP contribution < -0.4 is 5.90 Å². The average molecular weight is 197 g/mol. The summed E-state index contributed by atoms with van der Waals surface area (Å²) < 4.78 is 12.7. The Labute approximate surface area is 83.8 Å². The molecule has 0 radical (unpaired) electrons. The van der Waals surface area contributed by atoms with Crippen molar-refractivity contribution in [3.05, 3.63) is 35.6 Å². The predicted octanol–water partition coefficient (Wildman–Crippen LogP) is 2.46. The molecule has 0 heterocycles. The maximum Gasteiger partial charge on any atom is 0.123 e. The van der Waals surface area contributed by atoms with Crippen molar-refractivity contribution in [3.63, 3.8) is 0 Å². The standard InChI is InChI=1S/C11H16FNO/c1-8(7-14-13)9(2)10-3-5-11(12)6-4-10/h3-6,8-9H,7,13H2,1-2H3. The lowest BCUT2D eigenvalue weighted by Gasteiger charge is -2.18. The van der Waals surface area contributed by atoms with Crippen LogP contribution in [0.4, 0.5) is 4.39 Å². The van der Waals surface area contributed by atoms with Gasteiger partial charge in [0.15, 0.2) is 0 Å². The molecule has 0 saturated heterocycles. The van der Waals surface area contributed by atoms with Gasteiger partial charge in [-0.1, -0.05) is 26.0 Å². The first-order chi connectivity index (χ1) is 6.65. The molecule has 2 N–H and O–H groups in total. The van der Waals surface area contributed by atoms with E-state index in [0.717, 1.165) is 5.56 Å². The summed E-state index contributed by atoms with van der Waals surface area (Å²) in [4.78, 5) is 4.60. The molecule has 2 atom stereocenters. The second-order valence-electron chi connectivity index (χ2n) is 3.65. The highest BCUT2D eigenvalue weighted by Crippen LogP contribution is 2.23. The van der Waals surface area contributed by atoms with Crippen LogP contribution in [0.3, 0.4) is 0 Å². The van der Waals surface area contributed by atoms with Gasteiger partial charge < -0.3 is 4.84 Å². The topological polar surface area (TPSA) is 35.2 Å². The second kappa shape index (κ2) is 5.08. The molecule has 78 valence electrons. The van der Waals surface area contributed by atoms with E-state index in [2.05, 4.69) is 18.7 Å². The van der Waals surface area contributed by atoms with E-state index in [1.54, 1.807) is 12.1 Å². The largest absolute Gasteiger partial charge is 0.304 e. The molecule has 1 rings (SSSR count). The highest BCUT2D eigenvalue weighted by atomic mass is 19.1. The zero-order chi connectivity index (χ0) is 10.6. The molecule has 2 unspecified atom stereocenters. The molecule has 3 heteroatoms. The van der Waals surface area contributed by atoms with Crippen LogP contribution in [0.1, 0.15) is 25.3 Å². The monoisotopic (exact) mass is 197 g/mol. The molecule has 2 nitrogen and oxygen atoms in total. The van der Waals surface area contributed by atoms with Gasteiger partial charge in [-0.25, -0.2) is 10.3 Å². The Kier molecular flexibility index (Phi) is 4.04. The molecule has 0 spiro atoms. The highest BCUT2D eigenvalue weighted by Gasteiger charge is 2.14. The average Bonchev–Trinajstić information content (AvgIpc) is 2.18. The van der Waals surface area contributed by atoms with E-state index in [1.807, 2.05) is 0 Å². The molecule has 0 bridgehead atoms. The van der Waals surface area contributed by atoms with Crippen LogP contribution in [-0.2, 0) is 4.84 Å². The molecule has 0 aliphatic heterocycles. The Morgan fingerprint density at radius 2 is 1.86 bits per heavy atom. The quantitative estimate of drug-likeness (QED) is 0.752. The smallest absolute Gasteiger partial charge is 0.123 e. The Morgan fingerprint density at radius 1 is 1.29 bits per heavy atom. The SMILES string of the molecule is CC(CON)C(C)c1ccc(F)cc1. The van der Waals surface area contributed by atoms with Gasteiger partial charge in [0.1, 0.15) is 5.82 Å².